The molecular formula is C28H38N2O5. The van der Waals surface area contributed by atoms with Gasteiger partial charge in [0.1, 0.15) is 0 Å². The van der Waals surface area contributed by atoms with Crippen LogP contribution in [0.1, 0.15) is 35.1 Å². The monoisotopic (exact) mass is 482 g/mol. The van der Waals surface area contributed by atoms with E-state index in [0.29, 0.717) is 18.2 Å². The molecular weight excluding hydrogens is 444 g/mol. The Bertz CT molecular complexity index is 1050. The van der Waals surface area contributed by atoms with Crippen molar-refractivity contribution in [3.63, 3.8) is 0 Å². The molecule has 0 fully saturated rings. The lowest BCUT2D eigenvalue weighted by molar-refractivity contribution is -0.130. The van der Waals surface area contributed by atoms with E-state index >= 15 is 0 Å². The molecule has 0 N–H and O–H groups in total. The number of fused-ring (bicyclic) bond motifs is 2. The maximum Gasteiger partial charge on any atom is 0.227 e. The van der Waals surface area contributed by atoms with Crippen LogP contribution >= 0.6 is 0 Å². The lowest BCUT2D eigenvalue weighted by Crippen LogP contribution is -2.39. The Balaban J connectivity index is 1.32. The van der Waals surface area contributed by atoms with Crippen molar-refractivity contribution in [2.45, 2.75) is 44.6 Å². The van der Waals surface area contributed by atoms with E-state index in [0.717, 1.165) is 74.6 Å². The van der Waals surface area contributed by atoms with Gasteiger partial charge in [0.25, 0.3) is 0 Å². The summed E-state index contributed by atoms with van der Waals surface area (Å²) >= 11 is 0. The van der Waals surface area contributed by atoms with Crippen molar-refractivity contribution in [1.29, 1.82) is 0 Å². The van der Waals surface area contributed by atoms with Crippen LogP contribution in [-0.4, -0.2) is 76.9 Å². The quantitative estimate of drug-likeness (QED) is 0.545. The molecule has 7 nitrogen and oxygen atoms in total. The van der Waals surface area contributed by atoms with Gasteiger partial charge in [0.05, 0.1) is 34.9 Å². The molecule has 1 heterocycles. The van der Waals surface area contributed by atoms with Crippen LogP contribution in [0.2, 0.25) is 0 Å². The van der Waals surface area contributed by atoms with E-state index in [2.05, 4.69) is 24.1 Å². The highest BCUT2D eigenvalue weighted by Crippen LogP contribution is 2.35. The number of ether oxygens (including phenoxy) is 4. The zero-order chi connectivity index (χ0) is 24.9. The fourth-order valence-electron chi connectivity index (χ4n) is 5.39. The summed E-state index contributed by atoms with van der Waals surface area (Å²) < 4.78 is 21.9. The van der Waals surface area contributed by atoms with E-state index in [9.17, 15) is 4.79 Å². The summed E-state index contributed by atoms with van der Waals surface area (Å²) in [5.74, 6) is 3.19. The fourth-order valence-corrected chi connectivity index (χ4v) is 5.39. The van der Waals surface area contributed by atoms with Crippen molar-refractivity contribution in [2.75, 3.05) is 55.1 Å². The van der Waals surface area contributed by atoms with Gasteiger partial charge < -0.3 is 28.7 Å². The van der Waals surface area contributed by atoms with Gasteiger partial charge in [-0.15, -0.1) is 0 Å². The SMILES string of the molecule is COc1cc2c(cc1OC)CC(=O)N(CCCN(C)C1CCc3cc(OC)c(OC)cc3C1)CC2. The third kappa shape index (κ3) is 5.50. The second kappa shape index (κ2) is 11.2. The largest absolute Gasteiger partial charge is 0.493 e. The first-order valence-electron chi connectivity index (χ1n) is 12.4. The van der Waals surface area contributed by atoms with Crippen LogP contribution in [0.15, 0.2) is 24.3 Å². The summed E-state index contributed by atoms with van der Waals surface area (Å²) in [5.41, 5.74) is 4.91. The molecule has 35 heavy (non-hydrogen) atoms. The van der Waals surface area contributed by atoms with Gasteiger partial charge in [0.2, 0.25) is 5.91 Å². The Hall–Kier alpha value is -2.93. The summed E-state index contributed by atoms with van der Waals surface area (Å²) in [6, 6.07) is 8.72. The van der Waals surface area contributed by atoms with E-state index in [-0.39, 0.29) is 5.91 Å². The van der Waals surface area contributed by atoms with Gasteiger partial charge in [-0.2, -0.15) is 0 Å². The van der Waals surface area contributed by atoms with Crippen LogP contribution in [0.5, 0.6) is 23.0 Å². The summed E-state index contributed by atoms with van der Waals surface area (Å²) in [7, 11) is 8.85. The van der Waals surface area contributed by atoms with Crippen LogP contribution in [-0.2, 0) is 30.5 Å². The van der Waals surface area contributed by atoms with Gasteiger partial charge in [-0.3, -0.25) is 4.79 Å². The summed E-state index contributed by atoms with van der Waals surface area (Å²) in [5, 5.41) is 0. The van der Waals surface area contributed by atoms with Crippen LogP contribution < -0.4 is 18.9 Å². The molecule has 1 aliphatic carbocycles. The maximum atomic E-state index is 13.0. The number of rotatable bonds is 9. The predicted octanol–water partition coefficient (Wildman–Crippen LogP) is 3.53. The van der Waals surface area contributed by atoms with Crippen molar-refractivity contribution in [1.82, 2.24) is 9.80 Å². The summed E-state index contributed by atoms with van der Waals surface area (Å²) in [6.07, 6.45) is 5.38. The lowest BCUT2D eigenvalue weighted by Gasteiger charge is -2.33. The number of methoxy groups -OCH3 is 4. The van der Waals surface area contributed by atoms with Crippen molar-refractivity contribution in [3.05, 3.63) is 46.5 Å². The number of hydrogen-bond donors (Lipinski definition) is 0. The highest BCUT2D eigenvalue weighted by atomic mass is 16.5. The van der Waals surface area contributed by atoms with Crippen LogP contribution in [0.3, 0.4) is 0 Å². The normalized spacial score (nSPS) is 17.5. The molecule has 1 unspecified atom stereocenters. The Morgan fingerprint density at radius 2 is 1.37 bits per heavy atom. The van der Waals surface area contributed by atoms with E-state index in [4.69, 9.17) is 18.9 Å². The molecule has 190 valence electrons. The van der Waals surface area contributed by atoms with Gasteiger partial charge >= 0.3 is 0 Å². The lowest BCUT2D eigenvalue weighted by atomic mass is 9.87. The first kappa shape index (κ1) is 25.2. The van der Waals surface area contributed by atoms with Gasteiger partial charge in [-0.25, -0.2) is 0 Å². The molecule has 1 atom stereocenters. The second-order valence-corrected chi connectivity index (χ2v) is 9.49. The smallest absolute Gasteiger partial charge is 0.227 e. The number of hydrogen-bond acceptors (Lipinski definition) is 6. The topological polar surface area (TPSA) is 60.5 Å². The standard InChI is InChI=1S/C28H38N2O5/c1-29(23-8-7-19-14-24(32-2)26(34-4)16-21(19)13-23)10-6-11-30-12-9-20-15-25(33-3)27(35-5)17-22(20)18-28(30)31/h14-17,23H,6-13,18H2,1-5H3. The third-order valence-corrected chi connectivity index (χ3v) is 7.52. The fraction of sp³-hybridized carbons (Fsp3) is 0.536. The molecule has 2 aromatic rings. The molecule has 0 saturated carbocycles. The van der Waals surface area contributed by atoms with Crippen molar-refractivity contribution >= 4 is 5.91 Å². The minimum absolute atomic E-state index is 0.186. The highest BCUT2D eigenvalue weighted by Gasteiger charge is 2.25. The number of aryl methyl sites for hydroxylation is 1. The molecule has 0 aromatic heterocycles. The zero-order valence-electron chi connectivity index (χ0n) is 21.7. The maximum absolute atomic E-state index is 13.0. The molecule has 2 aliphatic rings. The van der Waals surface area contributed by atoms with Gasteiger partial charge in [0, 0.05) is 19.1 Å². The second-order valence-electron chi connectivity index (χ2n) is 9.49. The van der Waals surface area contributed by atoms with E-state index in [1.807, 2.05) is 17.0 Å². The highest BCUT2D eigenvalue weighted by molar-refractivity contribution is 5.80. The number of likely N-dealkylation sites (N-methyl/N-ethyl adjacent to an activating group) is 1. The average molecular weight is 483 g/mol. The Kier molecular flexibility index (Phi) is 8.06. The molecule has 7 heteroatoms. The average Bonchev–Trinajstić information content (AvgIpc) is 3.03. The Morgan fingerprint density at radius 3 is 1.97 bits per heavy atom. The molecule has 1 amide bonds. The van der Waals surface area contributed by atoms with Gasteiger partial charge in [-0.05, 0) is 92.2 Å². The molecule has 2 aromatic carbocycles. The number of carbonyl (C=O) groups is 1. The summed E-state index contributed by atoms with van der Waals surface area (Å²) in [4.78, 5) is 17.4. The van der Waals surface area contributed by atoms with E-state index in [1.165, 1.54) is 16.7 Å². The molecule has 0 radical (unpaired) electrons. The van der Waals surface area contributed by atoms with Gasteiger partial charge in [0.15, 0.2) is 23.0 Å². The number of nitrogens with zero attached hydrogens (tertiary/aromatic N) is 2. The van der Waals surface area contributed by atoms with Crippen molar-refractivity contribution in [3.8, 4) is 23.0 Å². The minimum Gasteiger partial charge on any atom is -0.493 e. The molecule has 0 saturated heterocycles. The Labute approximate surface area is 208 Å². The number of carbonyl (C=O) groups excluding carboxylic acids is 1. The van der Waals surface area contributed by atoms with E-state index < -0.39 is 0 Å². The first-order chi connectivity index (χ1) is 17.0. The van der Waals surface area contributed by atoms with Crippen molar-refractivity contribution in [2.24, 2.45) is 0 Å². The summed E-state index contributed by atoms with van der Waals surface area (Å²) in [6.45, 7) is 2.48. The molecule has 0 spiro atoms. The number of benzene rings is 2. The third-order valence-electron chi connectivity index (χ3n) is 7.52. The van der Waals surface area contributed by atoms with Crippen LogP contribution in [0.25, 0.3) is 0 Å². The zero-order valence-corrected chi connectivity index (χ0v) is 21.7. The van der Waals surface area contributed by atoms with Crippen LogP contribution in [0, 0.1) is 0 Å². The minimum atomic E-state index is 0.186. The number of amides is 1. The molecule has 4 rings (SSSR count). The molecule has 0 bridgehead atoms. The predicted molar refractivity (Wildman–Crippen MR) is 136 cm³/mol. The Morgan fingerprint density at radius 1 is 0.829 bits per heavy atom. The van der Waals surface area contributed by atoms with Crippen LogP contribution in [0.4, 0.5) is 0 Å². The first-order valence-corrected chi connectivity index (χ1v) is 12.4. The van der Waals surface area contributed by atoms with Gasteiger partial charge in [-0.1, -0.05) is 0 Å². The van der Waals surface area contributed by atoms with Crippen molar-refractivity contribution < 1.29 is 23.7 Å². The van der Waals surface area contributed by atoms with E-state index in [1.54, 1.807) is 28.4 Å². The molecule has 1 aliphatic heterocycles.